The Hall–Kier alpha value is -4.11. The van der Waals surface area contributed by atoms with Crippen molar-refractivity contribution in [3.8, 4) is 17.2 Å². The third-order valence-electron chi connectivity index (χ3n) is 6.08. The van der Waals surface area contributed by atoms with Gasteiger partial charge >= 0.3 is 5.97 Å². The molecule has 0 saturated carbocycles. The van der Waals surface area contributed by atoms with E-state index in [1.54, 1.807) is 55.6 Å². The molecule has 0 radical (unpaired) electrons. The molecule has 1 fully saturated rings. The Labute approximate surface area is 215 Å². The van der Waals surface area contributed by atoms with Gasteiger partial charge < -0.3 is 28.6 Å². The quantitative estimate of drug-likeness (QED) is 0.287. The molecule has 1 aromatic heterocycles. The van der Waals surface area contributed by atoms with Crippen LogP contribution in [0, 0.1) is 0 Å². The molecule has 1 aliphatic heterocycles. The van der Waals surface area contributed by atoms with E-state index in [1.807, 2.05) is 24.3 Å². The minimum Gasteiger partial charge on any atom is -0.493 e. The van der Waals surface area contributed by atoms with E-state index in [0.717, 1.165) is 11.1 Å². The molecular weight excluding hydrogens is 476 g/mol. The third kappa shape index (κ3) is 6.37. The molecule has 194 valence electrons. The fourth-order valence-electron chi connectivity index (χ4n) is 4.00. The van der Waals surface area contributed by atoms with Crippen LogP contribution in [-0.4, -0.2) is 69.4 Å². The number of esters is 1. The lowest BCUT2D eigenvalue weighted by atomic mass is 9.91. The Morgan fingerprint density at radius 1 is 0.946 bits per heavy atom. The Kier molecular flexibility index (Phi) is 8.58. The van der Waals surface area contributed by atoms with Crippen LogP contribution in [0.15, 0.2) is 60.8 Å². The van der Waals surface area contributed by atoms with Crippen LogP contribution in [0.25, 0.3) is 0 Å². The van der Waals surface area contributed by atoms with E-state index >= 15 is 0 Å². The van der Waals surface area contributed by atoms with Gasteiger partial charge in [0.05, 0.1) is 26.4 Å². The van der Waals surface area contributed by atoms with E-state index in [1.165, 1.54) is 7.11 Å². The number of amides is 1. The highest BCUT2D eigenvalue weighted by Gasteiger charge is 2.33. The summed E-state index contributed by atoms with van der Waals surface area (Å²) in [5, 5.41) is 0. The van der Waals surface area contributed by atoms with Gasteiger partial charge in [-0.25, -0.2) is 4.79 Å². The molecule has 9 heteroatoms. The molecule has 1 amide bonds. The SMILES string of the molecule is COCCOc1ccnc(C(=O)N2CC(c3ccc(OCc4cccc(C(=O)OC)c4)c(OC)c3)C2)c1. The minimum atomic E-state index is -0.393. The van der Waals surface area contributed by atoms with Gasteiger partial charge in [0.15, 0.2) is 11.5 Å². The standard InChI is InChI=1S/C28H30N2O7/c1-33-11-12-36-23-9-10-29-24(15-23)27(31)30-16-22(17-30)20-7-8-25(26(14-20)34-2)37-18-19-5-4-6-21(13-19)28(32)35-3/h4-10,13-15,22H,11-12,16-18H2,1-3H3. The first-order chi connectivity index (χ1) is 18.0. The highest BCUT2D eigenvalue weighted by Crippen LogP contribution is 2.35. The van der Waals surface area contributed by atoms with Crippen molar-refractivity contribution in [3.05, 3.63) is 83.2 Å². The number of benzene rings is 2. The molecule has 37 heavy (non-hydrogen) atoms. The Morgan fingerprint density at radius 2 is 1.78 bits per heavy atom. The summed E-state index contributed by atoms with van der Waals surface area (Å²) < 4.78 is 26.9. The largest absolute Gasteiger partial charge is 0.493 e. The lowest BCUT2D eigenvalue weighted by Gasteiger charge is -2.39. The summed E-state index contributed by atoms with van der Waals surface area (Å²) in [6, 6.07) is 16.3. The van der Waals surface area contributed by atoms with E-state index in [2.05, 4.69) is 4.98 Å². The zero-order valence-electron chi connectivity index (χ0n) is 21.1. The van der Waals surface area contributed by atoms with E-state index in [0.29, 0.717) is 54.8 Å². The van der Waals surface area contributed by atoms with E-state index in [4.69, 9.17) is 23.7 Å². The van der Waals surface area contributed by atoms with Gasteiger partial charge in [0.2, 0.25) is 0 Å². The lowest BCUT2D eigenvalue weighted by molar-refractivity contribution is 0.0590. The number of nitrogens with zero attached hydrogens (tertiary/aromatic N) is 2. The molecule has 3 aromatic rings. The molecular formula is C28H30N2O7. The fourth-order valence-corrected chi connectivity index (χ4v) is 4.00. The second-order valence-corrected chi connectivity index (χ2v) is 8.52. The first kappa shape index (κ1) is 26.0. The number of hydrogen-bond acceptors (Lipinski definition) is 8. The highest BCUT2D eigenvalue weighted by molar-refractivity contribution is 5.93. The summed E-state index contributed by atoms with van der Waals surface area (Å²) in [7, 11) is 4.55. The van der Waals surface area contributed by atoms with Crippen molar-refractivity contribution in [2.45, 2.75) is 12.5 Å². The molecule has 2 heterocycles. The van der Waals surface area contributed by atoms with Crippen LogP contribution in [-0.2, 0) is 16.1 Å². The third-order valence-corrected chi connectivity index (χ3v) is 6.08. The number of rotatable bonds is 11. The summed E-state index contributed by atoms with van der Waals surface area (Å²) in [5.74, 6) is 1.45. The Balaban J connectivity index is 1.35. The molecule has 0 atom stereocenters. The van der Waals surface area contributed by atoms with Crippen LogP contribution >= 0.6 is 0 Å². The van der Waals surface area contributed by atoms with Crippen LogP contribution in [0.4, 0.5) is 0 Å². The van der Waals surface area contributed by atoms with Crippen LogP contribution in [0.3, 0.4) is 0 Å². The first-order valence-electron chi connectivity index (χ1n) is 11.9. The van der Waals surface area contributed by atoms with Crippen LogP contribution in [0.5, 0.6) is 17.2 Å². The maximum Gasteiger partial charge on any atom is 0.337 e. The summed E-state index contributed by atoms with van der Waals surface area (Å²) in [5.41, 5.74) is 2.72. The number of carbonyl (C=O) groups is 2. The van der Waals surface area contributed by atoms with Gasteiger partial charge in [-0.1, -0.05) is 18.2 Å². The van der Waals surface area contributed by atoms with E-state index < -0.39 is 5.97 Å². The number of pyridine rings is 1. The van der Waals surface area contributed by atoms with Gasteiger partial charge in [-0.15, -0.1) is 0 Å². The van der Waals surface area contributed by atoms with Crippen LogP contribution in [0.2, 0.25) is 0 Å². The summed E-state index contributed by atoms with van der Waals surface area (Å²) in [6.07, 6.45) is 1.57. The topological polar surface area (TPSA) is 96.4 Å². The second-order valence-electron chi connectivity index (χ2n) is 8.52. The zero-order chi connectivity index (χ0) is 26.2. The predicted molar refractivity (Wildman–Crippen MR) is 135 cm³/mol. The molecule has 4 rings (SSSR count). The van der Waals surface area contributed by atoms with Gasteiger partial charge in [0.25, 0.3) is 5.91 Å². The van der Waals surface area contributed by atoms with Crippen molar-refractivity contribution in [2.24, 2.45) is 0 Å². The van der Waals surface area contributed by atoms with Crippen molar-refractivity contribution < 1.29 is 33.3 Å². The van der Waals surface area contributed by atoms with Gasteiger partial charge in [-0.2, -0.15) is 0 Å². The minimum absolute atomic E-state index is 0.130. The molecule has 0 N–H and O–H groups in total. The monoisotopic (exact) mass is 506 g/mol. The number of methoxy groups -OCH3 is 3. The smallest absolute Gasteiger partial charge is 0.337 e. The maximum absolute atomic E-state index is 12.9. The Bertz CT molecular complexity index is 1240. The van der Waals surface area contributed by atoms with E-state index in [-0.39, 0.29) is 18.4 Å². The van der Waals surface area contributed by atoms with Gasteiger partial charge in [-0.05, 0) is 41.5 Å². The molecule has 0 unspecified atom stereocenters. The fraction of sp³-hybridized carbons (Fsp3) is 0.321. The lowest BCUT2D eigenvalue weighted by Crippen LogP contribution is -2.48. The average Bonchev–Trinajstić information content (AvgIpc) is 2.91. The van der Waals surface area contributed by atoms with Crippen molar-refractivity contribution in [3.63, 3.8) is 0 Å². The predicted octanol–water partition coefficient (Wildman–Crippen LogP) is 3.72. The normalized spacial score (nSPS) is 13.0. The van der Waals surface area contributed by atoms with Crippen molar-refractivity contribution in [1.82, 2.24) is 9.88 Å². The Morgan fingerprint density at radius 3 is 2.54 bits per heavy atom. The molecule has 0 bridgehead atoms. The first-order valence-corrected chi connectivity index (χ1v) is 11.9. The van der Waals surface area contributed by atoms with Gasteiger partial charge in [0.1, 0.15) is 24.7 Å². The molecule has 0 aliphatic carbocycles. The number of likely N-dealkylation sites (tertiary alicyclic amines) is 1. The van der Waals surface area contributed by atoms with E-state index in [9.17, 15) is 9.59 Å². The second kappa shape index (κ2) is 12.2. The molecule has 1 saturated heterocycles. The maximum atomic E-state index is 12.9. The number of carbonyl (C=O) groups excluding carboxylic acids is 2. The molecule has 0 spiro atoms. The number of ether oxygens (including phenoxy) is 5. The van der Waals surface area contributed by atoms with Gasteiger partial charge in [-0.3, -0.25) is 9.78 Å². The van der Waals surface area contributed by atoms with Crippen LogP contribution < -0.4 is 14.2 Å². The summed E-state index contributed by atoms with van der Waals surface area (Å²) in [6.45, 7) is 2.31. The zero-order valence-corrected chi connectivity index (χ0v) is 21.1. The summed E-state index contributed by atoms with van der Waals surface area (Å²) >= 11 is 0. The van der Waals surface area contributed by atoms with Gasteiger partial charge in [0, 0.05) is 38.4 Å². The number of hydrogen-bond donors (Lipinski definition) is 0. The summed E-state index contributed by atoms with van der Waals surface area (Å²) in [4.78, 5) is 30.6. The van der Waals surface area contributed by atoms with Crippen molar-refractivity contribution in [1.29, 1.82) is 0 Å². The molecule has 9 nitrogen and oxygen atoms in total. The average molecular weight is 507 g/mol. The van der Waals surface area contributed by atoms with Crippen molar-refractivity contribution in [2.75, 3.05) is 47.6 Å². The number of aromatic nitrogens is 1. The molecule has 2 aromatic carbocycles. The highest BCUT2D eigenvalue weighted by atomic mass is 16.5. The molecule has 1 aliphatic rings. The van der Waals surface area contributed by atoms with Crippen molar-refractivity contribution >= 4 is 11.9 Å². The van der Waals surface area contributed by atoms with Crippen LogP contribution in [0.1, 0.15) is 37.9 Å².